The van der Waals surface area contributed by atoms with E-state index in [1.807, 2.05) is 23.0 Å². The summed E-state index contributed by atoms with van der Waals surface area (Å²) >= 11 is 0. The molecule has 1 saturated heterocycles. The molecule has 0 aliphatic carbocycles. The number of likely N-dealkylation sites (tertiary alicyclic amines) is 1. The maximum atomic E-state index is 12.2. The maximum Gasteiger partial charge on any atom is 0.234 e. The van der Waals surface area contributed by atoms with E-state index >= 15 is 0 Å². The van der Waals surface area contributed by atoms with Crippen molar-refractivity contribution < 1.29 is 4.79 Å². The number of carbonyl (C=O) groups excluding carboxylic acids is 1. The molecule has 0 spiro atoms. The van der Waals surface area contributed by atoms with Gasteiger partial charge in [-0.2, -0.15) is 5.10 Å². The molecule has 3 rings (SSSR count). The van der Waals surface area contributed by atoms with Crippen LogP contribution in [0.1, 0.15) is 18.9 Å². The van der Waals surface area contributed by atoms with E-state index in [2.05, 4.69) is 51.8 Å². The van der Waals surface area contributed by atoms with Crippen molar-refractivity contribution in [2.75, 3.05) is 19.6 Å². The van der Waals surface area contributed by atoms with Crippen LogP contribution < -0.4 is 10.6 Å². The summed E-state index contributed by atoms with van der Waals surface area (Å²) in [5.41, 5.74) is 1.32. The molecule has 2 aromatic rings. The van der Waals surface area contributed by atoms with Crippen molar-refractivity contribution in [3.05, 3.63) is 54.4 Å². The van der Waals surface area contributed by atoms with E-state index in [0.717, 1.165) is 32.6 Å². The minimum atomic E-state index is 0.0684. The van der Waals surface area contributed by atoms with Crippen LogP contribution in [0.15, 0.2) is 48.8 Å². The lowest BCUT2D eigenvalue weighted by Gasteiger charge is -2.18. The molecule has 1 aromatic heterocycles. The Morgan fingerprint density at radius 2 is 2.16 bits per heavy atom. The lowest BCUT2D eigenvalue weighted by molar-refractivity contribution is -0.121. The molecular formula is C19H27N5O. The molecule has 1 amide bonds. The summed E-state index contributed by atoms with van der Waals surface area (Å²) in [6, 6.07) is 12.8. The summed E-state index contributed by atoms with van der Waals surface area (Å²) in [4.78, 5) is 14.6. The highest BCUT2D eigenvalue weighted by Gasteiger charge is 2.23. The summed E-state index contributed by atoms with van der Waals surface area (Å²) in [5.74, 6) is 0.0684. The van der Waals surface area contributed by atoms with E-state index in [1.54, 1.807) is 6.20 Å². The minimum absolute atomic E-state index is 0.0684. The zero-order valence-electron chi connectivity index (χ0n) is 14.8. The maximum absolute atomic E-state index is 12.2. The monoisotopic (exact) mass is 341 g/mol. The highest BCUT2D eigenvalue weighted by Crippen LogP contribution is 2.13. The first-order chi connectivity index (χ1) is 12.2. The van der Waals surface area contributed by atoms with Crippen LogP contribution in [-0.2, 0) is 17.9 Å². The topological polar surface area (TPSA) is 62.2 Å². The van der Waals surface area contributed by atoms with Gasteiger partial charge >= 0.3 is 0 Å². The van der Waals surface area contributed by atoms with E-state index in [1.165, 1.54) is 5.56 Å². The first kappa shape index (κ1) is 17.6. The van der Waals surface area contributed by atoms with Crippen molar-refractivity contribution in [2.24, 2.45) is 0 Å². The van der Waals surface area contributed by atoms with E-state index in [0.29, 0.717) is 6.54 Å². The van der Waals surface area contributed by atoms with Gasteiger partial charge in [0.15, 0.2) is 0 Å². The molecule has 2 N–H and O–H groups in total. The van der Waals surface area contributed by atoms with E-state index in [-0.39, 0.29) is 18.0 Å². The predicted molar refractivity (Wildman–Crippen MR) is 98.0 cm³/mol. The van der Waals surface area contributed by atoms with Crippen LogP contribution in [0.4, 0.5) is 0 Å². The molecule has 6 heteroatoms. The summed E-state index contributed by atoms with van der Waals surface area (Å²) in [7, 11) is 0. The molecule has 1 aliphatic rings. The number of hydrogen-bond acceptors (Lipinski definition) is 4. The van der Waals surface area contributed by atoms with Crippen molar-refractivity contribution in [3.8, 4) is 0 Å². The largest absolute Gasteiger partial charge is 0.351 e. The third kappa shape index (κ3) is 5.69. The number of nitrogens with zero attached hydrogens (tertiary/aromatic N) is 3. The van der Waals surface area contributed by atoms with Gasteiger partial charge in [0.1, 0.15) is 0 Å². The van der Waals surface area contributed by atoms with Crippen LogP contribution in [0, 0.1) is 0 Å². The number of benzene rings is 1. The van der Waals surface area contributed by atoms with Crippen molar-refractivity contribution >= 4 is 5.91 Å². The predicted octanol–water partition coefficient (Wildman–Crippen LogP) is 1.25. The summed E-state index contributed by atoms with van der Waals surface area (Å²) < 4.78 is 1.87. The lowest BCUT2D eigenvalue weighted by Crippen LogP contribution is -2.44. The van der Waals surface area contributed by atoms with Gasteiger partial charge in [0.25, 0.3) is 0 Å². The second-order valence-electron chi connectivity index (χ2n) is 6.78. The molecule has 6 nitrogen and oxygen atoms in total. The third-order valence-corrected chi connectivity index (χ3v) is 4.52. The van der Waals surface area contributed by atoms with Crippen molar-refractivity contribution in [1.82, 2.24) is 25.3 Å². The second kappa shape index (κ2) is 8.78. The SMILES string of the molecule is C[C@H](Cn1cccn1)NCC(=O)N[C@H]1CCN(Cc2ccccc2)C1. The number of amides is 1. The van der Waals surface area contributed by atoms with Crippen LogP contribution in [0.25, 0.3) is 0 Å². The first-order valence-corrected chi connectivity index (χ1v) is 8.95. The molecule has 2 heterocycles. The number of carbonyl (C=O) groups is 1. The summed E-state index contributed by atoms with van der Waals surface area (Å²) in [5, 5.41) is 10.6. The smallest absolute Gasteiger partial charge is 0.234 e. The third-order valence-electron chi connectivity index (χ3n) is 4.52. The van der Waals surface area contributed by atoms with Gasteiger partial charge in [-0.1, -0.05) is 30.3 Å². The van der Waals surface area contributed by atoms with Crippen molar-refractivity contribution in [1.29, 1.82) is 0 Å². The van der Waals surface area contributed by atoms with Gasteiger partial charge in [0, 0.05) is 44.1 Å². The Morgan fingerprint density at radius 3 is 2.92 bits per heavy atom. The Morgan fingerprint density at radius 1 is 1.32 bits per heavy atom. The molecule has 0 bridgehead atoms. The van der Waals surface area contributed by atoms with Crippen LogP contribution in [0.2, 0.25) is 0 Å². The Hall–Kier alpha value is -2.18. The zero-order valence-corrected chi connectivity index (χ0v) is 14.8. The van der Waals surface area contributed by atoms with Gasteiger partial charge in [0.2, 0.25) is 5.91 Å². The number of rotatable bonds is 8. The zero-order chi connectivity index (χ0) is 17.5. The number of hydrogen-bond donors (Lipinski definition) is 2. The quantitative estimate of drug-likeness (QED) is 0.759. The fourth-order valence-corrected chi connectivity index (χ4v) is 3.23. The molecule has 25 heavy (non-hydrogen) atoms. The molecule has 1 aliphatic heterocycles. The Bertz CT molecular complexity index is 643. The van der Waals surface area contributed by atoms with Gasteiger partial charge in [-0.25, -0.2) is 0 Å². The van der Waals surface area contributed by atoms with Crippen LogP contribution in [-0.4, -0.2) is 52.3 Å². The fraction of sp³-hybridized carbons (Fsp3) is 0.474. The minimum Gasteiger partial charge on any atom is -0.351 e. The molecule has 0 unspecified atom stereocenters. The normalized spacial score (nSPS) is 19.0. The fourth-order valence-electron chi connectivity index (χ4n) is 3.23. The average molecular weight is 341 g/mol. The standard InChI is InChI=1S/C19H27N5O/c1-16(13-24-10-5-9-21-24)20-12-19(25)22-18-8-11-23(15-18)14-17-6-3-2-4-7-17/h2-7,9-10,16,18,20H,8,11-15H2,1H3,(H,22,25)/t16-,18+/m1/s1. The van der Waals surface area contributed by atoms with Gasteiger partial charge in [-0.3, -0.25) is 14.4 Å². The van der Waals surface area contributed by atoms with Crippen LogP contribution in [0.3, 0.4) is 0 Å². The molecule has 2 atom stereocenters. The highest BCUT2D eigenvalue weighted by atomic mass is 16.2. The molecule has 0 radical (unpaired) electrons. The molecular weight excluding hydrogens is 314 g/mol. The van der Waals surface area contributed by atoms with Crippen molar-refractivity contribution in [2.45, 2.75) is 38.5 Å². The van der Waals surface area contributed by atoms with E-state index in [9.17, 15) is 4.79 Å². The van der Waals surface area contributed by atoms with Crippen LogP contribution in [0.5, 0.6) is 0 Å². The molecule has 1 aromatic carbocycles. The van der Waals surface area contributed by atoms with Crippen LogP contribution >= 0.6 is 0 Å². The van der Waals surface area contributed by atoms with Crippen molar-refractivity contribution in [3.63, 3.8) is 0 Å². The van der Waals surface area contributed by atoms with E-state index < -0.39 is 0 Å². The average Bonchev–Trinajstić information content (AvgIpc) is 3.26. The molecule has 1 fully saturated rings. The number of nitrogens with one attached hydrogen (secondary N) is 2. The number of aromatic nitrogens is 2. The second-order valence-corrected chi connectivity index (χ2v) is 6.78. The lowest BCUT2D eigenvalue weighted by atomic mass is 10.2. The first-order valence-electron chi connectivity index (χ1n) is 8.95. The summed E-state index contributed by atoms with van der Waals surface area (Å²) in [6.07, 6.45) is 4.71. The summed E-state index contributed by atoms with van der Waals surface area (Å²) in [6.45, 7) is 6.07. The van der Waals surface area contributed by atoms with Gasteiger partial charge in [0.05, 0.1) is 13.1 Å². The van der Waals surface area contributed by atoms with Gasteiger partial charge < -0.3 is 10.6 Å². The Labute approximate surface area is 149 Å². The van der Waals surface area contributed by atoms with Gasteiger partial charge in [-0.15, -0.1) is 0 Å². The Kier molecular flexibility index (Phi) is 6.19. The molecule has 0 saturated carbocycles. The Balaban J connectivity index is 1.34. The van der Waals surface area contributed by atoms with E-state index in [4.69, 9.17) is 0 Å². The van der Waals surface area contributed by atoms with Gasteiger partial charge in [-0.05, 0) is 25.0 Å². The highest BCUT2D eigenvalue weighted by molar-refractivity contribution is 5.78. The molecule has 134 valence electrons.